The van der Waals surface area contributed by atoms with Gasteiger partial charge in [0.2, 0.25) is 11.7 Å². The Balaban J connectivity index is 1.69. The van der Waals surface area contributed by atoms with E-state index < -0.39 is 12.1 Å². The molecule has 3 amide bonds. The van der Waals surface area contributed by atoms with Crippen molar-refractivity contribution >= 4 is 23.7 Å². The molecule has 0 unspecified atom stereocenters. The van der Waals surface area contributed by atoms with Crippen LogP contribution in [0.5, 0.6) is 0 Å². The van der Waals surface area contributed by atoms with Crippen LogP contribution >= 0.6 is 11.8 Å². The van der Waals surface area contributed by atoms with E-state index in [1.807, 2.05) is 37.4 Å². The lowest BCUT2D eigenvalue weighted by Crippen LogP contribution is -2.31. The minimum absolute atomic E-state index is 0.0146. The van der Waals surface area contributed by atoms with Crippen molar-refractivity contribution in [3.05, 3.63) is 35.7 Å². The monoisotopic (exact) mass is 346 g/mol. The lowest BCUT2D eigenvalue weighted by atomic mass is 10.1. The predicted molar refractivity (Wildman–Crippen MR) is 90.3 cm³/mol. The summed E-state index contributed by atoms with van der Waals surface area (Å²) in [4.78, 5) is 29.7. The molecule has 1 aliphatic heterocycles. The van der Waals surface area contributed by atoms with Crippen LogP contribution in [0, 0.1) is 6.92 Å². The average Bonchev–Trinajstić information content (AvgIpc) is 3.14. The van der Waals surface area contributed by atoms with Crippen molar-refractivity contribution in [2.75, 3.05) is 12.0 Å². The van der Waals surface area contributed by atoms with Gasteiger partial charge in [-0.2, -0.15) is 16.7 Å². The van der Waals surface area contributed by atoms with E-state index in [-0.39, 0.29) is 18.3 Å². The van der Waals surface area contributed by atoms with Gasteiger partial charge in [0.25, 0.3) is 5.91 Å². The number of carbonyl (C=O) groups excluding carboxylic acids is 2. The maximum Gasteiger partial charge on any atom is 0.325 e. The third-order valence-electron chi connectivity index (χ3n) is 3.79. The molecule has 0 bridgehead atoms. The highest BCUT2D eigenvalue weighted by molar-refractivity contribution is 7.98. The summed E-state index contributed by atoms with van der Waals surface area (Å²) in [6.07, 6.45) is 2.57. The summed E-state index contributed by atoms with van der Waals surface area (Å²) < 4.78 is 5.19. The van der Waals surface area contributed by atoms with Crippen LogP contribution < -0.4 is 5.32 Å². The molecular weight excluding hydrogens is 328 g/mol. The number of amides is 3. The number of carbonyl (C=O) groups is 2. The Kier molecular flexibility index (Phi) is 4.84. The molecule has 0 radical (unpaired) electrons. The second-order valence-corrected chi connectivity index (χ2v) is 6.57. The number of imide groups is 1. The van der Waals surface area contributed by atoms with Crippen molar-refractivity contribution in [2.24, 2.45) is 0 Å². The smallest absolute Gasteiger partial charge is 0.325 e. The number of urea groups is 1. The topological polar surface area (TPSA) is 88.3 Å². The number of nitrogens with one attached hydrogen (secondary N) is 1. The molecule has 1 atom stereocenters. The summed E-state index contributed by atoms with van der Waals surface area (Å²) in [7, 11) is 0. The standard InChI is InChI=1S/C16H18N4O3S/c1-10-3-5-11(6-4-10)14-18-13(23-19-14)9-20-15(21)12(7-8-24-2)17-16(20)22/h3-6,12H,7-9H2,1-2H3,(H,17,22)/t12-/m1/s1. The fourth-order valence-electron chi connectivity index (χ4n) is 2.43. The number of rotatable bonds is 6. The Morgan fingerprint density at radius 3 is 2.75 bits per heavy atom. The number of aromatic nitrogens is 2. The zero-order valence-corrected chi connectivity index (χ0v) is 14.3. The van der Waals surface area contributed by atoms with Gasteiger partial charge in [-0.1, -0.05) is 35.0 Å². The fourth-order valence-corrected chi connectivity index (χ4v) is 2.90. The van der Waals surface area contributed by atoms with E-state index in [0.717, 1.165) is 21.8 Å². The Morgan fingerprint density at radius 2 is 2.04 bits per heavy atom. The molecule has 0 saturated carbocycles. The summed E-state index contributed by atoms with van der Waals surface area (Å²) in [5, 5.41) is 6.61. The number of nitrogens with zero attached hydrogens (tertiary/aromatic N) is 3. The molecule has 1 aliphatic rings. The van der Waals surface area contributed by atoms with Gasteiger partial charge in [-0.05, 0) is 25.4 Å². The van der Waals surface area contributed by atoms with Crippen LogP contribution in [0.3, 0.4) is 0 Å². The third kappa shape index (κ3) is 3.43. The van der Waals surface area contributed by atoms with Crippen LogP contribution in [0.2, 0.25) is 0 Å². The Morgan fingerprint density at radius 1 is 1.29 bits per heavy atom. The van der Waals surface area contributed by atoms with Gasteiger partial charge in [-0.3, -0.25) is 9.69 Å². The quantitative estimate of drug-likeness (QED) is 0.807. The lowest BCUT2D eigenvalue weighted by molar-refractivity contribution is -0.128. The molecule has 7 nitrogen and oxygen atoms in total. The molecule has 1 fully saturated rings. The minimum atomic E-state index is -0.468. The second kappa shape index (κ2) is 7.04. The van der Waals surface area contributed by atoms with Crippen molar-refractivity contribution < 1.29 is 14.1 Å². The van der Waals surface area contributed by atoms with E-state index in [9.17, 15) is 9.59 Å². The maximum atomic E-state index is 12.3. The molecule has 3 rings (SSSR count). The van der Waals surface area contributed by atoms with E-state index in [1.54, 1.807) is 11.8 Å². The molecule has 2 aromatic rings. The third-order valence-corrected chi connectivity index (χ3v) is 4.43. The van der Waals surface area contributed by atoms with Crippen molar-refractivity contribution in [1.82, 2.24) is 20.4 Å². The van der Waals surface area contributed by atoms with Crippen LogP contribution in [0.4, 0.5) is 4.79 Å². The molecule has 2 heterocycles. The van der Waals surface area contributed by atoms with Crippen molar-refractivity contribution in [2.45, 2.75) is 25.9 Å². The Labute approximate surface area is 143 Å². The first-order valence-corrected chi connectivity index (χ1v) is 8.98. The van der Waals surface area contributed by atoms with Crippen LogP contribution in [-0.2, 0) is 11.3 Å². The maximum absolute atomic E-state index is 12.3. The predicted octanol–water partition coefficient (Wildman–Crippen LogP) is 2.22. The number of hydrogen-bond donors (Lipinski definition) is 1. The van der Waals surface area contributed by atoms with Gasteiger partial charge in [0.1, 0.15) is 12.6 Å². The summed E-state index contributed by atoms with van der Waals surface area (Å²) in [5.74, 6) is 1.24. The molecule has 1 N–H and O–H groups in total. The van der Waals surface area contributed by atoms with Crippen LogP contribution in [0.15, 0.2) is 28.8 Å². The SMILES string of the molecule is CSCC[C@H]1NC(=O)N(Cc2nc(-c3ccc(C)cc3)no2)C1=O. The van der Waals surface area contributed by atoms with Crippen molar-refractivity contribution in [1.29, 1.82) is 0 Å². The van der Waals surface area contributed by atoms with E-state index in [2.05, 4.69) is 15.5 Å². The fraction of sp³-hybridized carbons (Fsp3) is 0.375. The average molecular weight is 346 g/mol. The molecule has 126 valence electrons. The van der Waals surface area contributed by atoms with Gasteiger partial charge in [-0.25, -0.2) is 4.79 Å². The summed E-state index contributed by atoms with van der Waals surface area (Å²) in [6.45, 7) is 1.98. The first kappa shape index (κ1) is 16.5. The molecular formula is C16H18N4O3S. The molecule has 1 saturated heterocycles. The van der Waals surface area contributed by atoms with Gasteiger partial charge >= 0.3 is 6.03 Å². The summed E-state index contributed by atoms with van der Waals surface area (Å²) in [6, 6.07) is 6.83. The highest BCUT2D eigenvalue weighted by Crippen LogP contribution is 2.19. The largest absolute Gasteiger partial charge is 0.337 e. The van der Waals surface area contributed by atoms with Gasteiger partial charge in [-0.15, -0.1) is 0 Å². The highest BCUT2D eigenvalue weighted by atomic mass is 32.2. The molecule has 8 heteroatoms. The highest BCUT2D eigenvalue weighted by Gasteiger charge is 2.38. The lowest BCUT2D eigenvalue weighted by Gasteiger charge is -2.09. The van der Waals surface area contributed by atoms with Crippen molar-refractivity contribution in [3.8, 4) is 11.4 Å². The summed E-state index contributed by atoms with van der Waals surface area (Å²) >= 11 is 1.64. The molecule has 1 aromatic heterocycles. The normalized spacial score (nSPS) is 17.4. The molecule has 24 heavy (non-hydrogen) atoms. The van der Waals surface area contributed by atoms with Crippen LogP contribution in [0.25, 0.3) is 11.4 Å². The molecule has 0 aliphatic carbocycles. The van der Waals surface area contributed by atoms with Gasteiger partial charge in [0.05, 0.1) is 0 Å². The van der Waals surface area contributed by atoms with E-state index in [0.29, 0.717) is 12.2 Å². The van der Waals surface area contributed by atoms with E-state index in [1.165, 1.54) is 0 Å². The van der Waals surface area contributed by atoms with Crippen molar-refractivity contribution in [3.63, 3.8) is 0 Å². The number of benzene rings is 1. The first-order chi connectivity index (χ1) is 11.6. The van der Waals surface area contributed by atoms with Crippen LogP contribution in [0.1, 0.15) is 17.9 Å². The minimum Gasteiger partial charge on any atom is -0.337 e. The zero-order chi connectivity index (χ0) is 17.1. The van der Waals surface area contributed by atoms with Gasteiger partial charge in [0.15, 0.2) is 0 Å². The van der Waals surface area contributed by atoms with Crippen LogP contribution in [-0.4, -0.2) is 45.0 Å². The Bertz CT molecular complexity index is 744. The van der Waals surface area contributed by atoms with E-state index in [4.69, 9.17) is 4.52 Å². The molecule has 0 spiro atoms. The number of hydrogen-bond acceptors (Lipinski definition) is 6. The number of thioether (sulfide) groups is 1. The van der Waals surface area contributed by atoms with Gasteiger partial charge < -0.3 is 9.84 Å². The first-order valence-electron chi connectivity index (χ1n) is 7.59. The Hall–Kier alpha value is -2.35. The summed E-state index contributed by atoms with van der Waals surface area (Å²) in [5.41, 5.74) is 1.96. The second-order valence-electron chi connectivity index (χ2n) is 5.59. The van der Waals surface area contributed by atoms with E-state index >= 15 is 0 Å². The molecule has 1 aromatic carbocycles. The zero-order valence-electron chi connectivity index (χ0n) is 13.5. The number of aryl methyl sites for hydroxylation is 1. The van der Waals surface area contributed by atoms with Gasteiger partial charge in [0, 0.05) is 5.56 Å².